The molecule has 0 aliphatic heterocycles. The van der Waals surface area contributed by atoms with Gasteiger partial charge in [0, 0.05) is 29.6 Å². The molecule has 118 valence electrons. The first kappa shape index (κ1) is 16.5. The molecule has 0 bridgehead atoms. The van der Waals surface area contributed by atoms with E-state index in [1.807, 2.05) is 19.9 Å². The van der Waals surface area contributed by atoms with E-state index < -0.39 is 4.92 Å². The zero-order valence-electron chi connectivity index (χ0n) is 13.7. The third-order valence-corrected chi connectivity index (χ3v) is 3.83. The number of rotatable bonds is 4. The first-order chi connectivity index (χ1) is 10.8. The summed E-state index contributed by atoms with van der Waals surface area (Å²) in [5.41, 5.74) is 4.11. The molecular formula is C18H19N3O2. The molecule has 5 heteroatoms. The summed E-state index contributed by atoms with van der Waals surface area (Å²) in [5.74, 6) is 0. The van der Waals surface area contributed by atoms with Crippen molar-refractivity contribution in [1.82, 2.24) is 4.57 Å². The highest BCUT2D eigenvalue weighted by Crippen LogP contribution is 2.26. The van der Waals surface area contributed by atoms with Gasteiger partial charge >= 0.3 is 0 Å². The van der Waals surface area contributed by atoms with E-state index in [1.54, 1.807) is 18.2 Å². The lowest BCUT2D eigenvalue weighted by molar-refractivity contribution is -0.384. The van der Waals surface area contributed by atoms with Gasteiger partial charge in [-0.1, -0.05) is 12.1 Å². The molecule has 0 atom stereocenters. The molecule has 0 amide bonds. The van der Waals surface area contributed by atoms with Gasteiger partial charge in [0.1, 0.15) is 0 Å². The fourth-order valence-corrected chi connectivity index (χ4v) is 2.87. The van der Waals surface area contributed by atoms with Crippen LogP contribution in [0.4, 0.5) is 5.69 Å². The molecule has 0 radical (unpaired) electrons. The summed E-state index contributed by atoms with van der Waals surface area (Å²) in [6.07, 6.45) is 1.79. The Bertz CT molecular complexity index is 823. The van der Waals surface area contributed by atoms with Crippen molar-refractivity contribution in [2.75, 3.05) is 0 Å². The van der Waals surface area contributed by atoms with Crippen molar-refractivity contribution in [3.05, 3.63) is 63.0 Å². The van der Waals surface area contributed by atoms with Gasteiger partial charge in [-0.2, -0.15) is 5.26 Å². The molecule has 0 fully saturated rings. The molecule has 0 aliphatic rings. The van der Waals surface area contributed by atoms with Gasteiger partial charge in [0.2, 0.25) is 0 Å². The maximum absolute atomic E-state index is 10.9. The van der Waals surface area contributed by atoms with Gasteiger partial charge in [0.25, 0.3) is 5.69 Å². The molecule has 0 unspecified atom stereocenters. The van der Waals surface area contributed by atoms with Crippen LogP contribution in [0.2, 0.25) is 0 Å². The van der Waals surface area contributed by atoms with Crippen LogP contribution in [0.1, 0.15) is 42.4 Å². The number of nitro benzene ring substituents is 1. The van der Waals surface area contributed by atoms with E-state index in [9.17, 15) is 15.4 Å². The predicted octanol–water partition coefficient (Wildman–Crippen LogP) is 4.66. The number of aryl methyl sites for hydroxylation is 1. The topological polar surface area (TPSA) is 71.9 Å². The van der Waals surface area contributed by atoms with E-state index in [0.29, 0.717) is 17.2 Å². The summed E-state index contributed by atoms with van der Waals surface area (Å²) >= 11 is 0. The number of allylic oxidation sites excluding steroid dienone is 1. The SMILES string of the molecule is Cc1cc(C=C(C#N)c2cccc([N+](=O)[O-])c2)c(C)n1C(C)C. The number of hydrogen-bond donors (Lipinski definition) is 0. The van der Waals surface area contributed by atoms with Crippen LogP contribution in [-0.2, 0) is 0 Å². The number of aromatic nitrogens is 1. The van der Waals surface area contributed by atoms with E-state index in [0.717, 1.165) is 17.0 Å². The summed E-state index contributed by atoms with van der Waals surface area (Å²) in [6, 6.07) is 10.7. The lowest BCUT2D eigenvalue weighted by atomic mass is 10.0. The lowest BCUT2D eigenvalue weighted by Gasteiger charge is -2.13. The van der Waals surface area contributed by atoms with Crippen LogP contribution in [0.25, 0.3) is 11.6 Å². The summed E-state index contributed by atoms with van der Waals surface area (Å²) in [7, 11) is 0. The van der Waals surface area contributed by atoms with E-state index in [1.165, 1.54) is 12.1 Å². The molecule has 1 heterocycles. The normalized spacial score (nSPS) is 11.6. The Morgan fingerprint density at radius 3 is 2.57 bits per heavy atom. The Morgan fingerprint density at radius 1 is 1.35 bits per heavy atom. The summed E-state index contributed by atoms with van der Waals surface area (Å²) < 4.78 is 2.20. The average molecular weight is 309 g/mol. The van der Waals surface area contributed by atoms with E-state index in [4.69, 9.17) is 0 Å². The predicted molar refractivity (Wildman–Crippen MR) is 90.9 cm³/mol. The first-order valence-electron chi connectivity index (χ1n) is 7.40. The second-order valence-electron chi connectivity index (χ2n) is 5.77. The van der Waals surface area contributed by atoms with Crippen molar-refractivity contribution >= 4 is 17.3 Å². The van der Waals surface area contributed by atoms with Gasteiger partial charge in [-0.05, 0) is 51.0 Å². The van der Waals surface area contributed by atoms with Crippen LogP contribution >= 0.6 is 0 Å². The second kappa shape index (κ2) is 6.49. The summed E-state index contributed by atoms with van der Waals surface area (Å²) in [6.45, 7) is 8.27. The molecule has 0 aliphatic carbocycles. The molecule has 0 saturated heterocycles. The van der Waals surface area contributed by atoms with E-state index in [2.05, 4.69) is 24.5 Å². The van der Waals surface area contributed by atoms with Gasteiger partial charge < -0.3 is 4.57 Å². The van der Waals surface area contributed by atoms with E-state index in [-0.39, 0.29) is 5.69 Å². The number of nitrogens with zero attached hydrogens (tertiary/aromatic N) is 3. The molecule has 1 aromatic heterocycles. The summed E-state index contributed by atoms with van der Waals surface area (Å²) in [5, 5.41) is 20.4. The van der Waals surface area contributed by atoms with Gasteiger partial charge in [-0.25, -0.2) is 0 Å². The molecule has 0 N–H and O–H groups in total. The third kappa shape index (κ3) is 3.32. The maximum atomic E-state index is 10.9. The Kier molecular flexibility index (Phi) is 4.65. The van der Waals surface area contributed by atoms with Crippen LogP contribution in [0, 0.1) is 35.3 Å². The number of non-ortho nitro benzene ring substituents is 1. The molecule has 0 saturated carbocycles. The Morgan fingerprint density at radius 2 is 2.04 bits per heavy atom. The third-order valence-electron chi connectivity index (χ3n) is 3.83. The highest BCUT2D eigenvalue weighted by atomic mass is 16.6. The van der Waals surface area contributed by atoms with E-state index >= 15 is 0 Å². The zero-order valence-corrected chi connectivity index (χ0v) is 13.7. The second-order valence-corrected chi connectivity index (χ2v) is 5.77. The maximum Gasteiger partial charge on any atom is 0.270 e. The smallest absolute Gasteiger partial charge is 0.270 e. The van der Waals surface area contributed by atoms with Crippen LogP contribution in [0.5, 0.6) is 0 Å². The largest absolute Gasteiger partial charge is 0.346 e. The van der Waals surface area contributed by atoms with Crippen LogP contribution in [0.15, 0.2) is 30.3 Å². The quantitative estimate of drug-likeness (QED) is 0.468. The van der Waals surface area contributed by atoms with Crippen LogP contribution < -0.4 is 0 Å². The Hall–Kier alpha value is -2.87. The molecule has 1 aromatic carbocycles. The van der Waals surface area contributed by atoms with Crippen molar-refractivity contribution in [2.45, 2.75) is 33.7 Å². The van der Waals surface area contributed by atoms with Crippen LogP contribution in [0.3, 0.4) is 0 Å². The minimum Gasteiger partial charge on any atom is -0.346 e. The molecule has 2 rings (SSSR count). The van der Waals surface area contributed by atoms with Crippen molar-refractivity contribution in [3.8, 4) is 6.07 Å². The number of benzene rings is 1. The van der Waals surface area contributed by atoms with Crippen molar-refractivity contribution < 1.29 is 4.92 Å². The lowest BCUT2D eigenvalue weighted by Crippen LogP contribution is -2.04. The Labute approximate surface area is 135 Å². The highest BCUT2D eigenvalue weighted by molar-refractivity contribution is 5.90. The molecule has 23 heavy (non-hydrogen) atoms. The van der Waals surface area contributed by atoms with Crippen molar-refractivity contribution in [3.63, 3.8) is 0 Å². The minimum atomic E-state index is -0.455. The molecule has 2 aromatic rings. The van der Waals surface area contributed by atoms with Gasteiger partial charge in [-0.3, -0.25) is 10.1 Å². The average Bonchev–Trinajstić information content (AvgIpc) is 2.78. The monoisotopic (exact) mass is 309 g/mol. The fourth-order valence-electron chi connectivity index (χ4n) is 2.87. The number of nitriles is 1. The van der Waals surface area contributed by atoms with Gasteiger partial charge in [0.15, 0.2) is 0 Å². The number of nitro groups is 1. The molecule has 0 spiro atoms. The zero-order chi connectivity index (χ0) is 17.1. The standard InChI is InChI=1S/C18H19N3O2/c1-12(2)20-13(3)8-16(14(20)4)9-17(11-19)15-6-5-7-18(10-15)21(22)23/h5-10,12H,1-4H3. The fraction of sp³-hybridized carbons (Fsp3) is 0.278. The highest BCUT2D eigenvalue weighted by Gasteiger charge is 2.13. The van der Waals surface area contributed by atoms with Crippen molar-refractivity contribution in [1.29, 1.82) is 5.26 Å². The van der Waals surface area contributed by atoms with Crippen LogP contribution in [-0.4, -0.2) is 9.49 Å². The van der Waals surface area contributed by atoms with Gasteiger partial charge in [-0.15, -0.1) is 0 Å². The first-order valence-corrected chi connectivity index (χ1v) is 7.40. The van der Waals surface area contributed by atoms with Crippen molar-refractivity contribution in [2.24, 2.45) is 0 Å². The number of hydrogen-bond acceptors (Lipinski definition) is 3. The van der Waals surface area contributed by atoms with Gasteiger partial charge in [0.05, 0.1) is 16.6 Å². The molecule has 5 nitrogen and oxygen atoms in total. The minimum absolute atomic E-state index is 0.0173. The molecular weight excluding hydrogens is 290 g/mol. The summed E-state index contributed by atoms with van der Waals surface area (Å²) in [4.78, 5) is 10.4. The Balaban J connectivity index is 2.53.